The molecule has 13 heavy (non-hydrogen) atoms. The molecular formula is C10H14FNO. The van der Waals surface area contributed by atoms with Crippen LogP contribution in [0.3, 0.4) is 0 Å². The van der Waals surface area contributed by atoms with E-state index in [9.17, 15) is 9.50 Å². The van der Waals surface area contributed by atoms with Gasteiger partial charge in [-0.2, -0.15) is 0 Å². The number of aliphatic hydroxyl groups is 1. The zero-order chi connectivity index (χ0) is 9.84. The first kappa shape index (κ1) is 10.1. The summed E-state index contributed by atoms with van der Waals surface area (Å²) in [5.41, 5.74) is 0.749. The van der Waals surface area contributed by atoms with E-state index in [4.69, 9.17) is 0 Å². The zero-order valence-corrected chi connectivity index (χ0v) is 7.87. The van der Waals surface area contributed by atoms with Gasteiger partial charge in [0.05, 0.1) is 12.3 Å². The first-order valence-electron chi connectivity index (χ1n) is 4.44. The SMILES string of the molecule is CCC(c1ccc(F)cn1)C(C)O. The standard InChI is InChI=1S/C10H14FNO/c1-3-9(7(2)13)10-5-4-8(11)6-12-10/h4-7,9,13H,3H2,1-2H3. The second kappa shape index (κ2) is 4.33. The molecule has 0 saturated heterocycles. The minimum Gasteiger partial charge on any atom is -0.393 e. The van der Waals surface area contributed by atoms with Crippen molar-refractivity contribution in [2.45, 2.75) is 32.3 Å². The number of nitrogens with zero attached hydrogens (tertiary/aromatic N) is 1. The molecule has 1 rings (SSSR count). The third-order valence-corrected chi connectivity index (χ3v) is 2.15. The number of pyridine rings is 1. The Balaban J connectivity index is 2.86. The van der Waals surface area contributed by atoms with Crippen LogP contribution in [-0.2, 0) is 0 Å². The van der Waals surface area contributed by atoms with Gasteiger partial charge in [-0.05, 0) is 25.5 Å². The van der Waals surface area contributed by atoms with E-state index in [0.29, 0.717) is 0 Å². The van der Waals surface area contributed by atoms with Gasteiger partial charge in [0.25, 0.3) is 0 Å². The Labute approximate surface area is 77.4 Å². The highest BCUT2D eigenvalue weighted by Crippen LogP contribution is 2.20. The number of hydrogen-bond donors (Lipinski definition) is 1. The molecule has 1 aromatic rings. The van der Waals surface area contributed by atoms with Crippen LogP contribution in [0.1, 0.15) is 31.9 Å². The number of hydrogen-bond acceptors (Lipinski definition) is 2. The molecule has 1 aromatic heterocycles. The van der Waals surface area contributed by atoms with Crippen molar-refractivity contribution in [3.8, 4) is 0 Å². The highest BCUT2D eigenvalue weighted by Gasteiger charge is 2.15. The summed E-state index contributed by atoms with van der Waals surface area (Å²) in [6.07, 6.45) is 1.54. The van der Waals surface area contributed by atoms with Gasteiger partial charge in [-0.25, -0.2) is 4.39 Å². The van der Waals surface area contributed by atoms with Gasteiger partial charge in [-0.3, -0.25) is 4.98 Å². The van der Waals surface area contributed by atoms with Gasteiger partial charge in [-0.1, -0.05) is 6.92 Å². The Morgan fingerprint density at radius 2 is 2.23 bits per heavy atom. The topological polar surface area (TPSA) is 33.1 Å². The molecule has 2 nitrogen and oxygen atoms in total. The van der Waals surface area contributed by atoms with Crippen molar-refractivity contribution >= 4 is 0 Å². The predicted molar refractivity (Wildman–Crippen MR) is 48.9 cm³/mol. The molecule has 0 aliphatic carbocycles. The van der Waals surface area contributed by atoms with Gasteiger partial charge >= 0.3 is 0 Å². The molecule has 2 unspecified atom stereocenters. The van der Waals surface area contributed by atoms with Crippen molar-refractivity contribution in [3.05, 3.63) is 29.8 Å². The average Bonchev–Trinajstić information content (AvgIpc) is 2.09. The molecule has 72 valence electrons. The lowest BCUT2D eigenvalue weighted by Gasteiger charge is -2.16. The fourth-order valence-electron chi connectivity index (χ4n) is 1.40. The molecule has 2 atom stereocenters. The van der Waals surface area contributed by atoms with Gasteiger partial charge < -0.3 is 5.11 Å². The van der Waals surface area contributed by atoms with Crippen LogP contribution in [0, 0.1) is 5.82 Å². The minimum atomic E-state index is -0.442. The average molecular weight is 183 g/mol. The highest BCUT2D eigenvalue weighted by molar-refractivity contribution is 5.11. The van der Waals surface area contributed by atoms with E-state index in [1.807, 2.05) is 6.92 Å². The van der Waals surface area contributed by atoms with E-state index in [2.05, 4.69) is 4.98 Å². The number of aromatic nitrogens is 1. The molecule has 0 fully saturated rings. The molecule has 0 aliphatic rings. The predicted octanol–water partition coefficient (Wildman–Crippen LogP) is 2.10. The van der Waals surface area contributed by atoms with E-state index >= 15 is 0 Å². The maximum atomic E-state index is 12.5. The second-order valence-electron chi connectivity index (χ2n) is 3.16. The molecule has 0 spiro atoms. The van der Waals surface area contributed by atoms with Gasteiger partial charge in [0.15, 0.2) is 0 Å². The molecule has 0 amide bonds. The third-order valence-electron chi connectivity index (χ3n) is 2.15. The summed E-state index contributed by atoms with van der Waals surface area (Å²) in [7, 11) is 0. The van der Waals surface area contributed by atoms with E-state index in [-0.39, 0.29) is 11.7 Å². The summed E-state index contributed by atoms with van der Waals surface area (Å²) in [6.45, 7) is 3.70. The third kappa shape index (κ3) is 2.49. The first-order chi connectivity index (χ1) is 6.15. The fourth-order valence-corrected chi connectivity index (χ4v) is 1.40. The second-order valence-corrected chi connectivity index (χ2v) is 3.16. The monoisotopic (exact) mass is 183 g/mol. The molecular weight excluding hydrogens is 169 g/mol. The van der Waals surface area contributed by atoms with Gasteiger partial charge in [0, 0.05) is 11.6 Å². The molecule has 0 aliphatic heterocycles. The van der Waals surface area contributed by atoms with Crippen LogP contribution in [0.2, 0.25) is 0 Å². The molecule has 0 radical (unpaired) electrons. The van der Waals surface area contributed by atoms with E-state index in [0.717, 1.165) is 12.1 Å². The van der Waals surface area contributed by atoms with Crippen molar-refractivity contribution < 1.29 is 9.50 Å². The Hall–Kier alpha value is -0.960. The summed E-state index contributed by atoms with van der Waals surface area (Å²) < 4.78 is 12.5. The Kier molecular flexibility index (Phi) is 3.37. The van der Waals surface area contributed by atoms with Gasteiger partial charge in [0.2, 0.25) is 0 Å². The van der Waals surface area contributed by atoms with Gasteiger partial charge in [-0.15, -0.1) is 0 Å². The Morgan fingerprint density at radius 3 is 2.62 bits per heavy atom. The largest absolute Gasteiger partial charge is 0.393 e. The first-order valence-corrected chi connectivity index (χ1v) is 4.44. The molecule has 0 aromatic carbocycles. The summed E-state index contributed by atoms with van der Waals surface area (Å²) in [6, 6.07) is 2.99. The van der Waals surface area contributed by atoms with Crippen LogP contribution in [0.5, 0.6) is 0 Å². The minimum absolute atomic E-state index is 0.000556. The maximum Gasteiger partial charge on any atom is 0.141 e. The normalized spacial score (nSPS) is 15.4. The lowest BCUT2D eigenvalue weighted by Crippen LogP contribution is -2.14. The fraction of sp³-hybridized carbons (Fsp3) is 0.500. The Morgan fingerprint density at radius 1 is 1.54 bits per heavy atom. The highest BCUT2D eigenvalue weighted by atomic mass is 19.1. The lowest BCUT2D eigenvalue weighted by atomic mass is 9.96. The van der Waals surface area contributed by atoms with Gasteiger partial charge in [0.1, 0.15) is 5.82 Å². The maximum absolute atomic E-state index is 12.5. The molecule has 1 N–H and O–H groups in total. The van der Waals surface area contributed by atoms with E-state index in [1.165, 1.54) is 12.3 Å². The van der Waals surface area contributed by atoms with Crippen LogP contribution < -0.4 is 0 Å². The van der Waals surface area contributed by atoms with Crippen molar-refractivity contribution in [1.29, 1.82) is 0 Å². The number of aliphatic hydroxyl groups excluding tert-OH is 1. The van der Waals surface area contributed by atoms with Crippen LogP contribution in [0.25, 0.3) is 0 Å². The van der Waals surface area contributed by atoms with Crippen molar-refractivity contribution in [3.63, 3.8) is 0 Å². The van der Waals surface area contributed by atoms with Crippen LogP contribution in [0.4, 0.5) is 4.39 Å². The summed E-state index contributed by atoms with van der Waals surface area (Å²) >= 11 is 0. The van der Waals surface area contributed by atoms with Crippen molar-refractivity contribution in [2.24, 2.45) is 0 Å². The van der Waals surface area contributed by atoms with Crippen molar-refractivity contribution in [2.75, 3.05) is 0 Å². The number of halogens is 1. The molecule has 3 heteroatoms. The zero-order valence-electron chi connectivity index (χ0n) is 7.87. The van der Waals surface area contributed by atoms with E-state index in [1.54, 1.807) is 13.0 Å². The summed E-state index contributed by atoms with van der Waals surface area (Å²) in [5.74, 6) is -0.343. The molecule has 0 saturated carbocycles. The Bertz CT molecular complexity index is 258. The summed E-state index contributed by atoms with van der Waals surface area (Å²) in [4.78, 5) is 3.94. The lowest BCUT2D eigenvalue weighted by molar-refractivity contribution is 0.158. The van der Waals surface area contributed by atoms with Crippen molar-refractivity contribution in [1.82, 2.24) is 4.98 Å². The van der Waals surface area contributed by atoms with Crippen LogP contribution >= 0.6 is 0 Å². The molecule has 1 heterocycles. The molecule has 0 bridgehead atoms. The quantitative estimate of drug-likeness (QED) is 0.778. The van der Waals surface area contributed by atoms with Crippen LogP contribution in [0.15, 0.2) is 18.3 Å². The smallest absolute Gasteiger partial charge is 0.141 e. The van der Waals surface area contributed by atoms with Crippen LogP contribution in [-0.4, -0.2) is 16.2 Å². The van der Waals surface area contributed by atoms with E-state index < -0.39 is 6.10 Å². The summed E-state index contributed by atoms with van der Waals surface area (Å²) in [5, 5.41) is 9.40. The number of rotatable bonds is 3.